The zero-order chi connectivity index (χ0) is 10.5. The van der Waals surface area contributed by atoms with E-state index in [1.165, 1.54) is 38.8 Å². The minimum Gasteiger partial charge on any atom is -0.393 e. The molecule has 104 valence electrons. The van der Waals surface area contributed by atoms with Crippen LogP contribution in [0.1, 0.15) is 38.5 Å². The number of halogens is 2. The SMILES string of the molecule is Cl.Cl.OC1CCN(CCC2CCCCN2)CC1. The Bertz CT molecular complexity index is 181. The van der Waals surface area contributed by atoms with E-state index in [0.717, 1.165) is 32.0 Å². The molecule has 2 aliphatic rings. The van der Waals surface area contributed by atoms with Gasteiger partial charge in [0, 0.05) is 19.1 Å². The Morgan fingerprint density at radius 1 is 1.06 bits per heavy atom. The summed E-state index contributed by atoms with van der Waals surface area (Å²) in [6, 6.07) is 0.755. The van der Waals surface area contributed by atoms with E-state index >= 15 is 0 Å². The molecule has 0 aromatic heterocycles. The van der Waals surface area contributed by atoms with Crippen molar-refractivity contribution in [3.05, 3.63) is 0 Å². The van der Waals surface area contributed by atoms with Crippen molar-refractivity contribution in [1.29, 1.82) is 0 Å². The smallest absolute Gasteiger partial charge is 0.0564 e. The molecule has 0 radical (unpaired) electrons. The third kappa shape index (κ3) is 6.25. The Balaban J connectivity index is 0.00000128. The fourth-order valence-corrected chi connectivity index (χ4v) is 2.65. The average molecular weight is 285 g/mol. The Kier molecular flexibility index (Phi) is 9.65. The summed E-state index contributed by atoms with van der Waals surface area (Å²) in [5.41, 5.74) is 0. The maximum atomic E-state index is 9.40. The molecule has 0 amide bonds. The van der Waals surface area contributed by atoms with Crippen molar-refractivity contribution in [2.45, 2.75) is 50.7 Å². The molecule has 2 N–H and O–H groups in total. The van der Waals surface area contributed by atoms with Crippen molar-refractivity contribution in [1.82, 2.24) is 10.2 Å². The van der Waals surface area contributed by atoms with Crippen molar-refractivity contribution in [3.8, 4) is 0 Å². The third-order valence-electron chi connectivity index (χ3n) is 3.76. The van der Waals surface area contributed by atoms with Crippen molar-refractivity contribution < 1.29 is 5.11 Å². The monoisotopic (exact) mass is 284 g/mol. The van der Waals surface area contributed by atoms with Gasteiger partial charge in [0.1, 0.15) is 0 Å². The van der Waals surface area contributed by atoms with Crippen molar-refractivity contribution in [3.63, 3.8) is 0 Å². The summed E-state index contributed by atoms with van der Waals surface area (Å²) < 4.78 is 0. The first kappa shape index (κ1) is 17.5. The first-order chi connectivity index (χ1) is 7.34. The molecule has 2 heterocycles. The van der Waals surface area contributed by atoms with Gasteiger partial charge in [-0.2, -0.15) is 0 Å². The van der Waals surface area contributed by atoms with Crippen LogP contribution in [0.3, 0.4) is 0 Å². The highest BCUT2D eigenvalue weighted by atomic mass is 35.5. The molecular weight excluding hydrogens is 259 g/mol. The van der Waals surface area contributed by atoms with E-state index in [2.05, 4.69) is 10.2 Å². The molecule has 0 spiro atoms. The molecule has 0 aliphatic carbocycles. The van der Waals surface area contributed by atoms with Gasteiger partial charge in [0.05, 0.1) is 6.10 Å². The molecule has 0 aromatic carbocycles. The van der Waals surface area contributed by atoms with E-state index in [0.29, 0.717) is 0 Å². The van der Waals surface area contributed by atoms with Crippen LogP contribution in [0.25, 0.3) is 0 Å². The zero-order valence-corrected chi connectivity index (χ0v) is 12.1. The maximum Gasteiger partial charge on any atom is 0.0564 e. The predicted molar refractivity (Wildman–Crippen MR) is 76.4 cm³/mol. The standard InChI is InChI=1S/C12H24N2O.2ClH/c15-12-5-9-14(10-6-12)8-4-11-3-1-2-7-13-11;;/h11-13,15H,1-10H2;2*1H. The molecule has 0 bridgehead atoms. The second kappa shape index (κ2) is 9.40. The number of aliphatic hydroxyl groups is 1. The number of piperidine rings is 2. The van der Waals surface area contributed by atoms with Crippen LogP contribution in [0.5, 0.6) is 0 Å². The molecule has 1 unspecified atom stereocenters. The molecule has 2 fully saturated rings. The Labute approximate surface area is 117 Å². The largest absolute Gasteiger partial charge is 0.393 e. The molecule has 3 nitrogen and oxygen atoms in total. The number of aliphatic hydroxyl groups excluding tert-OH is 1. The number of nitrogens with one attached hydrogen (secondary N) is 1. The lowest BCUT2D eigenvalue weighted by atomic mass is 10.0. The van der Waals surface area contributed by atoms with Crippen LogP contribution in [0.4, 0.5) is 0 Å². The van der Waals surface area contributed by atoms with Gasteiger partial charge in [-0.1, -0.05) is 6.42 Å². The van der Waals surface area contributed by atoms with Gasteiger partial charge in [-0.25, -0.2) is 0 Å². The average Bonchev–Trinajstić information content (AvgIpc) is 2.30. The number of rotatable bonds is 3. The van der Waals surface area contributed by atoms with Crippen LogP contribution < -0.4 is 5.32 Å². The molecule has 17 heavy (non-hydrogen) atoms. The lowest BCUT2D eigenvalue weighted by molar-refractivity contribution is 0.0801. The second-order valence-corrected chi connectivity index (χ2v) is 5.01. The lowest BCUT2D eigenvalue weighted by Gasteiger charge is -2.31. The molecule has 1 atom stereocenters. The number of nitrogens with zero attached hydrogens (tertiary/aromatic N) is 1. The summed E-state index contributed by atoms with van der Waals surface area (Å²) in [4.78, 5) is 2.50. The summed E-state index contributed by atoms with van der Waals surface area (Å²) in [6.45, 7) is 4.61. The Morgan fingerprint density at radius 2 is 1.76 bits per heavy atom. The molecule has 0 aromatic rings. The van der Waals surface area contributed by atoms with Gasteiger partial charge >= 0.3 is 0 Å². The van der Waals surface area contributed by atoms with Crippen molar-refractivity contribution in [2.75, 3.05) is 26.2 Å². The molecule has 2 aliphatic heterocycles. The molecule has 2 rings (SSSR count). The van der Waals surface area contributed by atoms with Gasteiger partial charge in [-0.3, -0.25) is 0 Å². The van der Waals surface area contributed by atoms with Crippen LogP contribution in [-0.4, -0.2) is 48.3 Å². The number of hydrogen-bond donors (Lipinski definition) is 2. The maximum absolute atomic E-state index is 9.40. The van der Waals surface area contributed by atoms with E-state index in [9.17, 15) is 5.11 Å². The quantitative estimate of drug-likeness (QED) is 0.830. The second-order valence-electron chi connectivity index (χ2n) is 5.01. The van der Waals surface area contributed by atoms with E-state index in [-0.39, 0.29) is 30.9 Å². The molecular formula is C12H26Cl2N2O. The summed E-state index contributed by atoms with van der Waals surface area (Å²) in [5.74, 6) is 0. The predicted octanol–water partition coefficient (Wildman–Crippen LogP) is 1.82. The van der Waals surface area contributed by atoms with Gasteiger partial charge < -0.3 is 15.3 Å². The normalized spacial score (nSPS) is 27.0. The third-order valence-corrected chi connectivity index (χ3v) is 3.76. The number of likely N-dealkylation sites (tertiary alicyclic amines) is 1. The summed E-state index contributed by atoms with van der Waals surface area (Å²) in [5, 5.41) is 13.0. The minimum absolute atomic E-state index is 0. The van der Waals surface area contributed by atoms with Crippen molar-refractivity contribution in [2.24, 2.45) is 0 Å². The zero-order valence-electron chi connectivity index (χ0n) is 10.4. The van der Waals surface area contributed by atoms with E-state index < -0.39 is 0 Å². The van der Waals surface area contributed by atoms with Gasteiger partial charge in [-0.15, -0.1) is 24.8 Å². The Morgan fingerprint density at radius 3 is 2.35 bits per heavy atom. The van der Waals surface area contributed by atoms with E-state index in [1.807, 2.05) is 0 Å². The highest BCUT2D eigenvalue weighted by Crippen LogP contribution is 2.14. The van der Waals surface area contributed by atoms with E-state index in [1.54, 1.807) is 0 Å². The molecule has 5 heteroatoms. The molecule has 0 saturated carbocycles. The lowest BCUT2D eigenvalue weighted by Crippen LogP contribution is -2.40. The number of hydrogen-bond acceptors (Lipinski definition) is 3. The highest BCUT2D eigenvalue weighted by molar-refractivity contribution is 5.85. The van der Waals surface area contributed by atoms with Crippen LogP contribution >= 0.6 is 24.8 Å². The first-order valence-corrected chi connectivity index (χ1v) is 6.48. The fourth-order valence-electron chi connectivity index (χ4n) is 2.65. The first-order valence-electron chi connectivity index (χ1n) is 6.48. The highest BCUT2D eigenvalue weighted by Gasteiger charge is 2.18. The van der Waals surface area contributed by atoms with Gasteiger partial charge in [-0.05, 0) is 45.2 Å². The molecule has 2 saturated heterocycles. The fraction of sp³-hybridized carbons (Fsp3) is 1.00. The van der Waals surface area contributed by atoms with Crippen molar-refractivity contribution >= 4 is 24.8 Å². The van der Waals surface area contributed by atoms with Crippen LogP contribution in [0.2, 0.25) is 0 Å². The summed E-state index contributed by atoms with van der Waals surface area (Å²) in [7, 11) is 0. The topological polar surface area (TPSA) is 35.5 Å². The minimum atomic E-state index is -0.0333. The van der Waals surface area contributed by atoms with Crippen LogP contribution in [-0.2, 0) is 0 Å². The van der Waals surface area contributed by atoms with Gasteiger partial charge in [0.25, 0.3) is 0 Å². The summed E-state index contributed by atoms with van der Waals surface area (Å²) in [6.07, 6.45) is 7.31. The Hall–Kier alpha value is 0.460. The van der Waals surface area contributed by atoms with Gasteiger partial charge in [0.15, 0.2) is 0 Å². The van der Waals surface area contributed by atoms with Crippen LogP contribution in [0, 0.1) is 0 Å². The van der Waals surface area contributed by atoms with E-state index in [4.69, 9.17) is 0 Å². The summed E-state index contributed by atoms with van der Waals surface area (Å²) >= 11 is 0. The van der Waals surface area contributed by atoms with Gasteiger partial charge in [0.2, 0.25) is 0 Å². The van der Waals surface area contributed by atoms with Crippen LogP contribution in [0.15, 0.2) is 0 Å².